The Labute approximate surface area is 192 Å². The summed E-state index contributed by atoms with van der Waals surface area (Å²) in [5, 5.41) is 11.7. The van der Waals surface area contributed by atoms with Gasteiger partial charge in [0.1, 0.15) is 0 Å². The lowest BCUT2D eigenvalue weighted by Gasteiger charge is -2.43. The average Bonchev–Trinajstić information content (AvgIpc) is 2.79. The van der Waals surface area contributed by atoms with Crippen LogP contribution in [0.5, 0.6) is 0 Å². The van der Waals surface area contributed by atoms with Gasteiger partial charge >= 0.3 is 5.97 Å². The Morgan fingerprint density at radius 2 is 1.38 bits per heavy atom. The molecule has 0 saturated carbocycles. The lowest BCUT2D eigenvalue weighted by molar-refractivity contribution is -0.132. The number of carbonyl (C=O) groups is 1. The van der Waals surface area contributed by atoms with Gasteiger partial charge in [0, 0.05) is 5.57 Å². The Morgan fingerprint density at radius 3 is 1.78 bits per heavy atom. The predicted octanol–water partition coefficient (Wildman–Crippen LogP) is 5.64. The van der Waals surface area contributed by atoms with Gasteiger partial charge in [-0.25, -0.2) is 4.79 Å². The first-order chi connectivity index (χ1) is 15.3. The van der Waals surface area contributed by atoms with Crippen LogP contribution in [0.2, 0.25) is 5.04 Å². The van der Waals surface area contributed by atoms with E-state index in [1.54, 1.807) is 6.08 Å². The molecule has 32 heavy (non-hydrogen) atoms. The van der Waals surface area contributed by atoms with Crippen LogP contribution in [-0.4, -0.2) is 19.4 Å². The van der Waals surface area contributed by atoms with E-state index in [0.717, 1.165) is 11.1 Å². The van der Waals surface area contributed by atoms with Gasteiger partial charge in [-0.05, 0) is 39.0 Å². The van der Waals surface area contributed by atoms with E-state index in [2.05, 4.69) is 69.3 Å². The molecule has 0 radical (unpaired) electrons. The zero-order valence-corrected chi connectivity index (χ0v) is 20.3. The van der Waals surface area contributed by atoms with Gasteiger partial charge < -0.3 is 9.53 Å². The number of hydrogen-bond acceptors (Lipinski definition) is 2. The Bertz CT molecular complexity index is 1010. The Balaban J connectivity index is 1.96. The van der Waals surface area contributed by atoms with Crippen molar-refractivity contribution >= 4 is 30.7 Å². The summed E-state index contributed by atoms with van der Waals surface area (Å²) in [6, 6.07) is 29.2. The van der Waals surface area contributed by atoms with Crippen molar-refractivity contribution in [3.63, 3.8) is 0 Å². The van der Waals surface area contributed by atoms with Crippen molar-refractivity contribution in [2.75, 3.05) is 0 Å². The van der Waals surface area contributed by atoms with Crippen LogP contribution in [0.3, 0.4) is 0 Å². The predicted molar refractivity (Wildman–Crippen MR) is 135 cm³/mol. The lowest BCUT2D eigenvalue weighted by Crippen LogP contribution is -2.66. The van der Waals surface area contributed by atoms with Crippen LogP contribution in [0.25, 0.3) is 6.08 Å². The quantitative estimate of drug-likeness (QED) is 0.361. The van der Waals surface area contributed by atoms with Gasteiger partial charge in [-0.3, -0.25) is 0 Å². The summed E-state index contributed by atoms with van der Waals surface area (Å²) < 4.78 is 6.96. The Morgan fingerprint density at radius 1 is 0.875 bits per heavy atom. The third kappa shape index (κ3) is 5.09. The number of benzene rings is 3. The molecule has 3 rings (SSSR count). The second-order valence-electron chi connectivity index (χ2n) is 9.02. The van der Waals surface area contributed by atoms with E-state index < -0.39 is 14.3 Å². The highest BCUT2D eigenvalue weighted by Crippen LogP contribution is 2.37. The first kappa shape index (κ1) is 23.7. The van der Waals surface area contributed by atoms with Crippen molar-refractivity contribution in [2.24, 2.45) is 0 Å². The molecular weight excluding hydrogens is 412 g/mol. The fourth-order valence-corrected chi connectivity index (χ4v) is 8.72. The Hall–Kier alpha value is -2.95. The summed E-state index contributed by atoms with van der Waals surface area (Å²) in [6.07, 6.45) is 2.23. The summed E-state index contributed by atoms with van der Waals surface area (Å²) in [4.78, 5) is 11.3. The van der Waals surface area contributed by atoms with Gasteiger partial charge in [-0.15, -0.1) is 0 Å². The minimum absolute atomic E-state index is 0.0735. The van der Waals surface area contributed by atoms with Crippen molar-refractivity contribution in [2.45, 2.75) is 45.8 Å². The molecule has 3 aromatic rings. The van der Waals surface area contributed by atoms with Crippen LogP contribution in [0.15, 0.2) is 90.5 Å². The highest BCUT2D eigenvalue weighted by molar-refractivity contribution is 6.99. The molecule has 0 aliphatic rings. The van der Waals surface area contributed by atoms with Crippen molar-refractivity contribution in [1.29, 1.82) is 0 Å². The Kier molecular flexibility index (Phi) is 7.49. The van der Waals surface area contributed by atoms with Crippen LogP contribution in [0.1, 0.15) is 45.2 Å². The van der Waals surface area contributed by atoms with Crippen molar-refractivity contribution in [1.82, 2.24) is 0 Å². The van der Waals surface area contributed by atoms with Crippen LogP contribution in [0.4, 0.5) is 0 Å². The van der Waals surface area contributed by atoms with Crippen LogP contribution in [0, 0.1) is 0 Å². The smallest absolute Gasteiger partial charge is 0.331 e. The average molecular weight is 445 g/mol. The van der Waals surface area contributed by atoms with E-state index in [1.807, 2.05) is 43.3 Å². The third-order valence-electron chi connectivity index (χ3n) is 5.85. The molecule has 0 heterocycles. The molecule has 166 valence electrons. The highest BCUT2D eigenvalue weighted by atomic mass is 28.4. The summed E-state index contributed by atoms with van der Waals surface area (Å²) in [7, 11) is -2.58. The zero-order valence-electron chi connectivity index (χ0n) is 19.3. The van der Waals surface area contributed by atoms with Gasteiger partial charge in [0.05, 0.1) is 6.61 Å². The van der Waals surface area contributed by atoms with Crippen molar-refractivity contribution in [3.8, 4) is 0 Å². The maximum atomic E-state index is 11.3. The standard InChI is InChI=1S/C28H32O3Si/c1-5-24(27(29)30)20-22-16-18-23(19-17-22)21-31-32(28(2,3)4,25-12-8-6-9-13-25)26-14-10-7-11-15-26/h6-20H,5,21H2,1-4H3,(H,29,30). The molecule has 0 aliphatic carbocycles. The molecule has 4 heteroatoms. The summed E-state index contributed by atoms with van der Waals surface area (Å²) >= 11 is 0. The van der Waals surface area contributed by atoms with Gasteiger partial charge in [0.2, 0.25) is 0 Å². The van der Waals surface area contributed by atoms with E-state index in [0.29, 0.717) is 18.6 Å². The molecule has 3 nitrogen and oxygen atoms in total. The maximum Gasteiger partial charge on any atom is 0.331 e. The zero-order chi connectivity index (χ0) is 23.2. The van der Waals surface area contributed by atoms with E-state index in [9.17, 15) is 9.90 Å². The summed E-state index contributed by atoms with van der Waals surface area (Å²) in [5.74, 6) is -0.869. The van der Waals surface area contributed by atoms with Gasteiger partial charge in [-0.1, -0.05) is 113 Å². The molecular formula is C28H32O3Si. The normalized spacial score (nSPS) is 12.6. The minimum atomic E-state index is -2.58. The molecule has 0 saturated heterocycles. The van der Waals surface area contributed by atoms with E-state index in [1.165, 1.54) is 10.4 Å². The minimum Gasteiger partial charge on any atom is -0.478 e. The van der Waals surface area contributed by atoms with E-state index >= 15 is 0 Å². The van der Waals surface area contributed by atoms with E-state index in [-0.39, 0.29) is 5.04 Å². The van der Waals surface area contributed by atoms with Gasteiger partial charge in [0.15, 0.2) is 0 Å². The maximum absolute atomic E-state index is 11.3. The molecule has 0 unspecified atom stereocenters. The molecule has 0 atom stereocenters. The first-order valence-corrected chi connectivity index (χ1v) is 13.0. The third-order valence-corrected chi connectivity index (χ3v) is 10.8. The SMILES string of the molecule is CCC(=Cc1ccc(CO[Si](c2ccccc2)(c2ccccc2)C(C)(C)C)cc1)C(=O)O. The highest BCUT2D eigenvalue weighted by Gasteiger charge is 2.50. The van der Waals surface area contributed by atoms with Crippen molar-refractivity contribution < 1.29 is 14.3 Å². The molecule has 3 aromatic carbocycles. The summed E-state index contributed by atoms with van der Waals surface area (Å²) in [5.41, 5.74) is 2.36. The molecule has 1 N–H and O–H groups in total. The number of hydrogen-bond donors (Lipinski definition) is 1. The van der Waals surface area contributed by atoms with Crippen molar-refractivity contribution in [3.05, 3.63) is 102 Å². The lowest BCUT2D eigenvalue weighted by atomic mass is 10.1. The molecule has 0 fully saturated rings. The van der Waals surface area contributed by atoms with Gasteiger partial charge in [0.25, 0.3) is 8.32 Å². The number of carboxylic acid groups (broad SMARTS) is 1. The van der Waals surface area contributed by atoms with Gasteiger partial charge in [-0.2, -0.15) is 0 Å². The first-order valence-electron chi connectivity index (χ1n) is 11.1. The fraction of sp³-hybridized carbons (Fsp3) is 0.250. The second-order valence-corrected chi connectivity index (χ2v) is 13.3. The second kappa shape index (κ2) is 10.1. The van der Waals surface area contributed by atoms with E-state index in [4.69, 9.17) is 4.43 Å². The van der Waals surface area contributed by atoms with Crippen LogP contribution < -0.4 is 10.4 Å². The number of carboxylic acids is 1. The largest absolute Gasteiger partial charge is 0.478 e. The molecule has 0 aliphatic heterocycles. The topological polar surface area (TPSA) is 46.5 Å². The number of aliphatic carboxylic acids is 1. The monoisotopic (exact) mass is 444 g/mol. The van der Waals surface area contributed by atoms with Crippen LogP contribution in [-0.2, 0) is 15.8 Å². The molecule has 0 amide bonds. The van der Waals surface area contributed by atoms with Crippen LogP contribution >= 0.6 is 0 Å². The molecule has 0 spiro atoms. The summed E-state index contributed by atoms with van der Waals surface area (Å²) in [6.45, 7) is 9.16. The fourth-order valence-electron chi connectivity index (χ4n) is 4.18. The molecule has 0 aromatic heterocycles. The number of rotatable bonds is 8. The molecule has 0 bridgehead atoms.